The molecule has 0 aliphatic rings. The molecule has 1 aromatic heterocycles. The molecule has 0 spiro atoms. The Bertz CT molecular complexity index is 450. The van der Waals surface area contributed by atoms with E-state index in [0.717, 1.165) is 0 Å². The van der Waals surface area contributed by atoms with Crippen LogP contribution in [0.4, 0.5) is 13.2 Å². The maximum atomic E-state index is 11.9. The fraction of sp³-hybridized carbons (Fsp3) is 0.111. The molecule has 0 fully saturated rings. The summed E-state index contributed by atoms with van der Waals surface area (Å²) >= 11 is 0. The van der Waals surface area contributed by atoms with Crippen LogP contribution in [0.3, 0.4) is 0 Å². The first-order valence-electron chi connectivity index (χ1n) is 4.19. The summed E-state index contributed by atoms with van der Waals surface area (Å²) in [5, 5.41) is 7.10. The largest absolute Gasteiger partial charge is 0.573 e. The van der Waals surface area contributed by atoms with E-state index >= 15 is 0 Å². The molecule has 0 aliphatic carbocycles. The van der Waals surface area contributed by atoms with E-state index in [4.69, 9.17) is 0 Å². The van der Waals surface area contributed by atoms with Gasteiger partial charge in [-0.3, -0.25) is 0 Å². The third-order valence-electron chi connectivity index (χ3n) is 1.71. The average Bonchev–Trinajstić information content (AvgIpc) is 2.69. The van der Waals surface area contributed by atoms with E-state index in [9.17, 15) is 13.2 Å². The number of rotatable bonds is 2. The zero-order valence-corrected chi connectivity index (χ0v) is 7.77. The van der Waals surface area contributed by atoms with Gasteiger partial charge in [0, 0.05) is 0 Å². The third kappa shape index (κ3) is 2.50. The standard InChI is InChI=1S/C9H5F3N3O/c10-9(11,12)16-8-3-1-7(2-4-8)15-6-5-13-14-15/h1-4,6H. The first kappa shape index (κ1) is 10.5. The van der Waals surface area contributed by atoms with Gasteiger partial charge in [0.2, 0.25) is 0 Å². The van der Waals surface area contributed by atoms with Crippen LogP contribution in [0.2, 0.25) is 0 Å². The van der Waals surface area contributed by atoms with Crippen LogP contribution in [0.25, 0.3) is 5.69 Å². The highest BCUT2D eigenvalue weighted by Gasteiger charge is 2.30. The van der Waals surface area contributed by atoms with Crippen LogP contribution < -0.4 is 4.74 Å². The highest BCUT2D eigenvalue weighted by molar-refractivity contribution is 5.36. The minimum atomic E-state index is -4.68. The first-order chi connectivity index (χ1) is 7.54. The number of hydrogen-bond acceptors (Lipinski definition) is 3. The molecule has 0 aliphatic heterocycles. The molecule has 1 aromatic carbocycles. The molecule has 7 heteroatoms. The summed E-state index contributed by atoms with van der Waals surface area (Å²) < 4.78 is 40.7. The van der Waals surface area contributed by atoms with Crippen LogP contribution in [0, 0.1) is 6.20 Å². The van der Waals surface area contributed by atoms with E-state index in [1.807, 2.05) is 0 Å². The van der Waals surface area contributed by atoms with Gasteiger partial charge < -0.3 is 4.74 Å². The zero-order chi connectivity index (χ0) is 11.6. The number of hydrogen-bond donors (Lipinski definition) is 0. The van der Waals surface area contributed by atoms with Gasteiger partial charge >= 0.3 is 6.36 Å². The second-order valence-corrected chi connectivity index (χ2v) is 2.83. The Morgan fingerprint density at radius 2 is 1.88 bits per heavy atom. The van der Waals surface area contributed by atoms with Gasteiger partial charge in [-0.05, 0) is 24.3 Å². The first-order valence-corrected chi connectivity index (χ1v) is 4.19. The molecule has 0 amide bonds. The molecule has 1 heterocycles. The molecule has 0 saturated heterocycles. The molecular weight excluding hydrogens is 223 g/mol. The Hall–Kier alpha value is -2.05. The van der Waals surface area contributed by atoms with Crippen molar-refractivity contribution in [1.82, 2.24) is 15.0 Å². The fourth-order valence-corrected chi connectivity index (χ4v) is 1.11. The fourth-order valence-electron chi connectivity index (χ4n) is 1.11. The lowest BCUT2D eigenvalue weighted by Crippen LogP contribution is -2.17. The molecule has 83 valence electrons. The maximum absolute atomic E-state index is 11.9. The summed E-state index contributed by atoms with van der Waals surface area (Å²) in [5.74, 6) is -0.277. The summed E-state index contributed by atoms with van der Waals surface area (Å²) in [6.07, 6.45) is -0.748. The Morgan fingerprint density at radius 1 is 1.19 bits per heavy atom. The monoisotopic (exact) mass is 228 g/mol. The Labute approximate surface area is 88.3 Å². The van der Waals surface area contributed by atoms with Gasteiger partial charge in [-0.2, -0.15) is 0 Å². The number of alkyl halides is 3. The van der Waals surface area contributed by atoms with Gasteiger partial charge in [0.15, 0.2) is 0 Å². The number of halogens is 3. The lowest BCUT2D eigenvalue weighted by atomic mass is 10.3. The van der Waals surface area contributed by atoms with Crippen LogP contribution in [-0.4, -0.2) is 21.4 Å². The Kier molecular flexibility index (Phi) is 2.51. The van der Waals surface area contributed by atoms with E-state index in [0.29, 0.717) is 5.69 Å². The zero-order valence-electron chi connectivity index (χ0n) is 7.77. The number of benzene rings is 1. The van der Waals surface area contributed by atoms with E-state index in [1.165, 1.54) is 35.1 Å². The van der Waals surface area contributed by atoms with E-state index < -0.39 is 6.36 Å². The number of nitrogens with zero attached hydrogens (tertiary/aromatic N) is 3. The minimum absolute atomic E-state index is 0.277. The molecule has 2 rings (SSSR count). The molecule has 0 atom stereocenters. The Balaban J connectivity index is 2.17. The third-order valence-corrected chi connectivity index (χ3v) is 1.71. The van der Waals surface area contributed by atoms with Gasteiger partial charge in [0.25, 0.3) is 0 Å². The molecule has 0 N–H and O–H groups in total. The molecule has 0 unspecified atom stereocenters. The highest BCUT2D eigenvalue weighted by atomic mass is 19.4. The van der Waals surface area contributed by atoms with Crippen molar-refractivity contribution >= 4 is 0 Å². The van der Waals surface area contributed by atoms with Crippen LogP contribution in [0.5, 0.6) is 5.75 Å². The number of ether oxygens (including phenoxy) is 1. The highest BCUT2D eigenvalue weighted by Crippen LogP contribution is 2.23. The quantitative estimate of drug-likeness (QED) is 0.788. The van der Waals surface area contributed by atoms with Crippen molar-refractivity contribution in [2.45, 2.75) is 6.36 Å². The van der Waals surface area contributed by atoms with E-state index in [1.54, 1.807) is 0 Å². The summed E-state index contributed by atoms with van der Waals surface area (Å²) in [6, 6.07) is 5.27. The van der Waals surface area contributed by atoms with Gasteiger partial charge in [-0.25, -0.2) is 4.68 Å². The topological polar surface area (TPSA) is 39.9 Å². The smallest absolute Gasteiger partial charge is 0.406 e. The number of aromatic nitrogens is 3. The van der Waals surface area contributed by atoms with Crippen LogP contribution in [0.1, 0.15) is 0 Å². The van der Waals surface area contributed by atoms with Gasteiger partial charge in [0.1, 0.15) is 11.9 Å². The summed E-state index contributed by atoms with van der Waals surface area (Å²) in [7, 11) is 0. The van der Waals surface area contributed by atoms with Crippen molar-refractivity contribution in [3.8, 4) is 11.4 Å². The van der Waals surface area contributed by atoms with E-state index in [-0.39, 0.29) is 5.75 Å². The normalized spacial score (nSPS) is 11.4. The molecular formula is C9H5F3N3O. The van der Waals surface area contributed by atoms with Gasteiger partial charge in [-0.1, -0.05) is 5.21 Å². The van der Waals surface area contributed by atoms with Crippen molar-refractivity contribution < 1.29 is 17.9 Å². The maximum Gasteiger partial charge on any atom is 0.573 e. The van der Waals surface area contributed by atoms with Gasteiger partial charge in [0.05, 0.1) is 11.9 Å². The van der Waals surface area contributed by atoms with Crippen molar-refractivity contribution in [1.29, 1.82) is 0 Å². The average molecular weight is 228 g/mol. The molecule has 2 aromatic rings. The molecule has 16 heavy (non-hydrogen) atoms. The second-order valence-electron chi connectivity index (χ2n) is 2.83. The predicted octanol–water partition coefficient (Wildman–Crippen LogP) is 1.97. The second kappa shape index (κ2) is 3.84. The molecule has 0 bridgehead atoms. The summed E-state index contributed by atoms with van der Waals surface area (Å²) in [5.41, 5.74) is 0.572. The molecule has 4 nitrogen and oxygen atoms in total. The summed E-state index contributed by atoms with van der Waals surface area (Å²) in [4.78, 5) is 0. The lowest BCUT2D eigenvalue weighted by molar-refractivity contribution is -0.274. The SMILES string of the molecule is FC(F)(F)Oc1ccc(-n2c[c]nn2)cc1. The van der Waals surface area contributed by atoms with Crippen molar-refractivity contribution in [3.63, 3.8) is 0 Å². The predicted molar refractivity (Wildman–Crippen MR) is 46.9 cm³/mol. The van der Waals surface area contributed by atoms with Crippen molar-refractivity contribution in [2.24, 2.45) is 0 Å². The van der Waals surface area contributed by atoms with Crippen molar-refractivity contribution in [2.75, 3.05) is 0 Å². The van der Waals surface area contributed by atoms with Crippen LogP contribution in [0.15, 0.2) is 30.5 Å². The van der Waals surface area contributed by atoms with Gasteiger partial charge in [-0.15, -0.1) is 18.3 Å². The Morgan fingerprint density at radius 3 is 2.38 bits per heavy atom. The molecule has 0 saturated carbocycles. The lowest BCUT2D eigenvalue weighted by Gasteiger charge is -2.08. The summed E-state index contributed by atoms with van der Waals surface area (Å²) in [6.45, 7) is 0. The van der Waals surface area contributed by atoms with E-state index in [2.05, 4.69) is 21.2 Å². The van der Waals surface area contributed by atoms with Crippen LogP contribution >= 0.6 is 0 Å². The van der Waals surface area contributed by atoms with Crippen molar-refractivity contribution in [3.05, 3.63) is 36.7 Å². The van der Waals surface area contributed by atoms with Crippen LogP contribution in [-0.2, 0) is 0 Å². The minimum Gasteiger partial charge on any atom is -0.406 e. The molecule has 1 radical (unpaired) electrons.